The van der Waals surface area contributed by atoms with Crippen LogP contribution in [0.2, 0.25) is 0 Å². The van der Waals surface area contributed by atoms with Crippen LogP contribution in [-0.2, 0) is 0 Å². The van der Waals surface area contributed by atoms with Crippen molar-refractivity contribution in [1.82, 2.24) is 9.97 Å². The van der Waals surface area contributed by atoms with E-state index in [1.54, 1.807) is 18.5 Å². The molecule has 1 aromatic heterocycles. The predicted octanol–water partition coefficient (Wildman–Crippen LogP) is 0.438. The maximum Gasteiger partial charge on any atom is 0.225 e. The third kappa shape index (κ3) is 1.18. The third-order valence-electron chi connectivity index (χ3n) is 3.10. The summed E-state index contributed by atoms with van der Waals surface area (Å²) in [5.41, 5.74) is -0.445. The van der Waals surface area contributed by atoms with Crippen molar-refractivity contribution in [2.75, 3.05) is 18.0 Å². The lowest BCUT2D eigenvalue weighted by Crippen LogP contribution is -2.63. The summed E-state index contributed by atoms with van der Waals surface area (Å²) in [5, 5.41) is 10.1. The summed E-state index contributed by atoms with van der Waals surface area (Å²) in [4.78, 5) is 10.3. The molecule has 0 unspecified atom stereocenters. The Labute approximate surface area is 82.6 Å². The quantitative estimate of drug-likeness (QED) is 0.736. The Balaban J connectivity index is 1.69. The van der Waals surface area contributed by atoms with Crippen molar-refractivity contribution in [2.24, 2.45) is 5.92 Å². The highest BCUT2D eigenvalue weighted by Gasteiger charge is 2.52. The van der Waals surface area contributed by atoms with Crippen molar-refractivity contribution in [3.8, 4) is 0 Å². The number of aromatic nitrogens is 2. The van der Waals surface area contributed by atoms with Gasteiger partial charge < -0.3 is 10.0 Å². The van der Waals surface area contributed by atoms with Gasteiger partial charge in [-0.25, -0.2) is 9.97 Å². The molecular weight excluding hydrogens is 178 g/mol. The third-order valence-corrected chi connectivity index (χ3v) is 3.10. The molecule has 1 aliphatic carbocycles. The molecule has 74 valence electrons. The minimum atomic E-state index is -0.445. The maximum absolute atomic E-state index is 10.1. The van der Waals surface area contributed by atoms with Gasteiger partial charge >= 0.3 is 0 Å². The first-order valence-electron chi connectivity index (χ1n) is 5.02. The van der Waals surface area contributed by atoms with Gasteiger partial charge in [0.25, 0.3) is 0 Å². The van der Waals surface area contributed by atoms with E-state index in [1.807, 2.05) is 4.90 Å². The largest absolute Gasteiger partial charge is 0.386 e. The van der Waals surface area contributed by atoms with Crippen LogP contribution in [0.25, 0.3) is 0 Å². The molecule has 2 heterocycles. The number of rotatable bonds is 2. The van der Waals surface area contributed by atoms with Crippen LogP contribution in [0.4, 0.5) is 5.95 Å². The van der Waals surface area contributed by atoms with E-state index in [2.05, 4.69) is 9.97 Å². The lowest BCUT2D eigenvalue weighted by molar-refractivity contribution is -0.0102. The van der Waals surface area contributed by atoms with Crippen LogP contribution in [0, 0.1) is 5.92 Å². The molecule has 4 nitrogen and oxygen atoms in total. The molecule has 1 aliphatic heterocycles. The van der Waals surface area contributed by atoms with Crippen molar-refractivity contribution in [3.63, 3.8) is 0 Å². The first kappa shape index (κ1) is 8.17. The smallest absolute Gasteiger partial charge is 0.225 e. The average Bonchev–Trinajstić information content (AvgIpc) is 2.98. The first-order valence-corrected chi connectivity index (χ1v) is 5.02. The Morgan fingerprint density at radius 3 is 2.50 bits per heavy atom. The summed E-state index contributed by atoms with van der Waals surface area (Å²) in [6.07, 6.45) is 5.83. The van der Waals surface area contributed by atoms with Gasteiger partial charge in [-0.1, -0.05) is 0 Å². The van der Waals surface area contributed by atoms with E-state index in [1.165, 1.54) is 12.8 Å². The summed E-state index contributed by atoms with van der Waals surface area (Å²) in [6, 6.07) is 1.80. The molecule has 0 atom stereocenters. The second-order valence-corrected chi connectivity index (χ2v) is 4.28. The van der Waals surface area contributed by atoms with Crippen LogP contribution in [0.5, 0.6) is 0 Å². The van der Waals surface area contributed by atoms with E-state index in [9.17, 15) is 5.11 Å². The van der Waals surface area contributed by atoms with Gasteiger partial charge in [0, 0.05) is 12.4 Å². The number of aliphatic hydroxyl groups is 1. The van der Waals surface area contributed by atoms with Crippen LogP contribution in [0.15, 0.2) is 18.5 Å². The fourth-order valence-corrected chi connectivity index (χ4v) is 2.09. The molecule has 0 spiro atoms. The van der Waals surface area contributed by atoms with Gasteiger partial charge in [0.05, 0.1) is 13.1 Å². The lowest BCUT2D eigenvalue weighted by atomic mass is 9.89. The number of hydrogen-bond acceptors (Lipinski definition) is 4. The van der Waals surface area contributed by atoms with Gasteiger partial charge in [-0.3, -0.25) is 0 Å². The van der Waals surface area contributed by atoms with Crippen LogP contribution in [-0.4, -0.2) is 33.8 Å². The Hall–Kier alpha value is -1.16. The molecular formula is C10H13N3O. The lowest BCUT2D eigenvalue weighted by Gasteiger charge is -2.46. The highest BCUT2D eigenvalue weighted by atomic mass is 16.3. The molecule has 0 aromatic carbocycles. The van der Waals surface area contributed by atoms with Crippen LogP contribution >= 0.6 is 0 Å². The van der Waals surface area contributed by atoms with E-state index < -0.39 is 5.60 Å². The Kier molecular flexibility index (Phi) is 1.56. The van der Waals surface area contributed by atoms with Crippen molar-refractivity contribution in [2.45, 2.75) is 18.4 Å². The van der Waals surface area contributed by atoms with Gasteiger partial charge in [0.2, 0.25) is 5.95 Å². The molecule has 2 aliphatic rings. The Morgan fingerprint density at radius 1 is 1.29 bits per heavy atom. The summed E-state index contributed by atoms with van der Waals surface area (Å²) in [7, 11) is 0. The van der Waals surface area contributed by atoms with Crippen molar-refractivity contribution < 1.29 is 5.11 Å². The minimum absolute atomic E-state index is 0.445. The number of anilines is 1. The van der Waals surface area contributed by atoms with Crippen molar-refractivity contribution in [3.05, 3.63) is 18.5 Å². The number of nitrogens with zero attached hydrogens (tertiary/aromatic N) is 3. The minimum Gasteiger partial charge on any atom is -0.386 e. The fourth-order valence-electron chi connectivity index (χ4n) is 2.09. The van der Waals surface area contributed by atoms with E-state index in [4.69, 9.17) is 0 Å². The van der Waals surface area contributed by atoms with E-state index in [0.717, 1.165) is 5.95 Å². The van der Waals surface area contributed by atoms with Crippen LogP contribution < -0.4 is 4.90 Å². The molecule has 3 rings (SSSR count). The van der Waals surface area contributed by atoms with Crippen LogP contribution in [0.3, 0.4) is 0 Å². The standard InChI is InChI=1S/C10H13N3O/c14-10(8-2-3-8)6-13(7-10)9-11-4-1-5-12-9/h1,4-5,8,14H,2-3,6-7H2. The zero-order valence-corrected chi connectivity index (χ0v) is 7.93. The first-order chi connectivity index (χ1) is 6.78. The second kappa shape index (κ2) is 2.67. The predicted molar refractivity (Wildman–Crippen MR) is 51.9 cm³/mol. The molecule has 0 radical (unpaired) electrons. The Morgan fingerprint density at radius 2 is 1.93 bits per heavy atom. The molecule has 2 fully saturated rings. The van der Waals surface area contributed by atoms with E-state index in [0.29, 0.717) is 19.0 Å². The zero-order chi connectivity index (χ0) is 9.60. The van der Waals surface area contributed by atoms with Gasteiger partial charge in [-0.15, -0.1) is 0 Å². The average molecular weight is 191 g/mol. The summed E-state index contributed by atoms with van der Waals surface area (Å²) < 4.78 is 0. The van der Waals surface area contributed by atoms with Gasteiger partial charge in [0.15, 0.2) is 0 Å². The molecule has 4 heteroatoms. The van der Waals surface area contributed by atoms with Gasteiger partial charge in [-0.05, 0) is 24.8 Å². The number of hydrogen-bond donors (Lipinski definition) is 1. The summed E-state index contributed by atoms with van der Waals surface area (Å²) in [6.45, 7) is 1.39. The highest BCUT2D eigenvalue weighted by Crippen LogP contribution is 2.44. The molecule has 0 bridgehead atoms. The van der Waals surface area contributed by atoms with Gasteiger partial charge in [-0.2, -0.15) is 0 Å². The maximum atomic E-state index is 10.1. The van der Waals surface area contributed by atoms with E-state index in [-0.39, 0.29) is 0 Å². The van der Waals surface area contributed by atoms with E-state index >= 15 is 0 Å². The Bertz CT molecular complexity index is 330. The molecule has 1 N–H and O–H groups in total. The number of β-amino-alcohol motifs (C(OH)–C–C–N with tert-alkyl or cyclic N) is 1. The topological polar surface area (TPSA) is 49.2 Å². The highest BCUT2D eigenvalue weighted by molar-refractivity contribution is 5.37. The zero-order valence-electron chi connectivity index (χ0n) is 7.93. The normalized spacial score (nSPS) is 24.5. The SMILES string of the molecule is OC1(C2CC2)CN(c2ncccn2)C1. The van der Waals surface area contributed by atoms with Gasteiger partial charge in [0.1, 0.15) is 5.60 Å². The summed E-state index contributed by atoms with van der Waals surface area (Å²) in [5.74, 6) is 1.26. The molecule has 14 heavy (non-hydrogen) atoms. The molecule has 1 saturated carbocycles. The molecule has 1 saturated heterocycles. The fraction of sp³-hybridized carbons (Fsp3) is 0.600. The summed E-state index contributed by atoms with van der Waals surface area (Å²) >= 11 is 0. The van der Waals surface area contributed by atoms with Crippen molar-refractivity contribution in [1.29, 1.82) is 0 Å². The van der Waals surface area contributed by atoms with Crippen molar-refractivity contribution >= 4 is 5.95 Å². The molecule has 0 amide bonds. The second-order valence-electron chi connectivity index (χ2n) is 4.28. The van der Waals surface area contributed by atoms with Crippen LogP contribution in [0.1, 0.15) is 12.8 Å². The molecule has 1 aromatic rings. The monoisotopic (exact) mass is 191 g/mol.